The van der Waals surface area contributed by atoms with Gasteiger partial charge in [0.05, 0.1) is 42.9 Å². The molecule has 0 bridgehead atoms. The molecule has 12 heteroatoms. The molecule has 0 saturated carbocycles. The summed E-state index contributed by atoms with van der Waals surface area (Å²) in [5.74, 6) is -2.67. The van der Waals surface area contributed by atoms with Gasteiger partial charge in [-0.05, 0) is 36.4 Å². The van der Waals surface area contributed by atoms with E-state index in [9.17, 15) is 27.6 Å². The number of anilines is 3. The van der Waals surface area contributed by atoms with E-state index in [1.165, 1.54) is 43.3 Å². The maximum Gasteiger partial charge on any atom is 0.337 e. The molecule has 11 nitrogen and oxygen atoms in total. The summed E-state index contributed by atoms with van der Waals surface area (Å²) >= 11 is 0. The van der Waals surface area contributed by atoms with Gasteiger partial charge in [0, 0.05) is 18.3 Å². The van der Waals surface area contributed by atoms with Crippen molar-refractivity contribution in [2.45, 2.75) is 6.92 Å². The molecule has 2 aromatic rings. The van der Waals surface area contributed by atoms with Crippen LogP contribution in [0.15, 0.2) is 36.4 Å². The van der Waals surface area contributed by atoms with Gasteiger partial charge in [-0.3, -0.25) is 14.3 Å². The molecular formula is C20H21N3O8S. The number of nitrogens with one attached hydrogen (secondary N) is 3. The quantitative estimate of drug-likeness (QED) is 0.525. The molecule has 0 saturated heterocycles. The van der Waals surface area contributed by atoms with Gasteiger partial charge in [0.25, 0.3) is 5.91 Å². The molecule has 170 valence electrons. The van der Waals surface area contributed by atoms with Gasteiger partial charge >= 0.3 is 11.9 Å². The van der Waals surface area contributed by atoms with Crippen LogP contribution in [0.3, 0.4) is 0 Å². The van der Waals surface area contributed by atoms with Gasteiger partial charge in [-0.1, -0.05) is 0 Å². The Morgan fingerprint density at radius 2 is 1.38 bits per heavy atom. The number of carbonyl (C=O) groups is 4. The zero-order valence-electron chi connectivity index (χ0n) is 17.6. The molecule has 3 N–H and O–H groups in total. The second-order valence-corrected chi connectivity index (χ2v) is 8.30. The van der Waals surface area contributed by atoms with E-state index in [4.69, 9.17) is 0 Å². The van der Waals surface area contributed by atoms with E-state index in [1.54, 1.807) is 0 Å². The first kappa shape index (κ1) is 24.3. The largest absolute Gasteiger partial charge is 0.465 e. The van der Waals surface area contributed by atoms with Crippen molar-refractivity contribution in [3.63, 3.8) is 0 Å². The maximum absolute atomic E-state index is 13.0. The highest BCUT2D eigenvalue weighted by molar-refractivity contribution is 7.92. The summed E-state index contributed by atoms with van der Waals surface area (Å²) < 4.78 is 34.9. The Morgan fingerprint density at radius 1 is 0.812 bits per heavy atom. The lowest BCUT2D eigenvalue weighted by Crippen LogP contribution is -2.19. The van der Waals surface area contributed by atoms with Crippen molar-refractivity contribution in [1.29, 1.82) is 0 Å². The summed E-state index contributed by atoms with van der Waals surface area (Å²) in [7, 11) is -1.41. The number of benzene rings is 2. The minimum atomic E-state index is -3.72. The van der Waals surface area contributed by atoms with Crippen LogP contribution in [0.25, 0.3) is 0 Å². The van der Waals surface area contributed by atoms with Crippen molar-refractivity contribution in [3.05, 3.63) is 53.1 Å². The van der Waals surface area contributed by atoms with E-state index in [0.29, 0.717) is 0 Å². The van der Waals surface area contributed by atoms with Gasteiger partial charge in [0.2, 0.25) is 15.9 Å². The van der Waals surface area contributed by atoms with Crippen LogP contribution in [0.4, 0.5) is 17.1 Å². The maximum atomic E-state index is 13.0. The highest BCUT2D eigenvalue weighted by Crippen LogP contribution is 2.24. The first-order chi connectivity index (χ1) is 14.9. The van der Waals surface area contributed by atoms with Crippen LogP contribution in [-0.2, 0) is 24.3 Å². The average molecular weight is 463 g/mol. The number of esters is 2. The fourth-order valence-electron chi connectivity index (χ4n) is 2.67. The topological polar surface area (TPSA) is 157 Å². The summed E-state index contributed by atoms with van der Waals surface area (Å²) in [6.07, 6.45) is 0.916. The molecule has 0 atom stereocenters. The molecule has 0 aliphatic rings. The predicted molar refractivity (Wildman–Crippen MR) is 116 cm³/mol. The van der Waals surface area contributed by atoms with Crippen molar-refractivity contribution in [1.82, 2.24) is 0 Å². The molecule has 0 fully saturated rings. The molecule has 2 aromatic carbocycles. The lowest BCUT2D eigenvalue weighted by molar-refractivity contribution is -0.114. The van der Waals surface area contributed by atoms with Gasteiger partial charge in [0.1, 0.15) is 0 Å². The number of rotatable bonds is 7. The normalized spacial score (nSPS) is 10.6. The molecule has 0 aliphatic heterocycles. The third kappa shape index (κ3) is 6.54. The zero-order chi connectivity index (χ0) is 24.1. The van der Waals surface area contributed by atoms with E-state index >= 15 is 0 Å². The fourth-order valence-corrected chi connectivity index (χ4v) is 3.25. The van der Waals surface area contributed by atoms with Crippen molar-refractivity contribution >= 4 is 50.8 Å². The molecule has 0 heterocycles. The molecule has 0 aromatic heterocycles. The number of methoxy groups -OCH3 is 2. The van der Waals surface area contributed by atoms with Crippen LogP contribution in [0.1, 0.15) is 38.0 Å². The van der Waals surface area contributed by atoms with Crippen molar-refractivity contribution in [2.75, 3.05) is 35.8 Å². The minimum Gasteiger partial charge on any atom is -0.465 e. The van der Waals surface area contributed by atoms with Crippen LogP contribution >= 0.6 is 0 Å². The molecule has 0 radical (unpaired) electrons. The molecule has 0 spiro atoms. The summed E-state index contributed by atoms with van der Waals surface area (Å²) in [5, 5.41) is 5.00. The minimum absolute atomic E-state index is 0.0211. The number of ether oxygens (including phenoxy) is 2. The summed E-state index contributed by atoms with van der Waals surface area (Å²) in [5.41, 5.74) is 0.0920. The number of amides is 2. The van der Waals surface area contributed by atoms with Crippen molar-refractivity contribution in [2.24, 2.45) is 0 Å². The summed E-state index contributed by atoms with van der Waals surface area (Å²) in [4.78, 5) is 48.2. The second-order valence-electron chi connectivity index (χ2n) is 6.55. The predicted octanol–water partition coefficient (Wildman–Crippen LogP) is 1.84. The van der Waals surface area contributed by atoms with Crippen LogP contribution < -0.4 is 15.4 Å². The molecule has 2 amide bonds. The Balaban J connectivity index is 2.51. The Kier molecular flexibility index (Phi) is 7.54. The van der Waals surface area contributed by atoms with Crippen LogP contribution in [0, 0.1) is 0 Å². The summed E-state index contributed by atoms with van der Waals surface area (Å²) in [6, 6.07) is 7.79. The number of hydrogen-bond donors (Lipinski definition) is 3. The van der Waals surface area contributed by atoms with Gasteiger partial charge in [-0.2, -0.15) is 0 Å². The average Bonchev–Trinajstić information content (AvgIpc) is 2.71. The third-order valence-electron chi connectivity index (χ3n) is 3.91. The monoisotopic (exact) mass is 463 g/mol. The molecule has 32 heavy (non-hydrogen) atoms. The third-order valence-corrected chi connectivity index (χ3v) is 4.50. The zero-order valence-corrected chi connectivity index (χ0v) is 18.5. The lowest BCUT2D eigenvalue weighted by Gasteiger charge is -2.14. The SMILES string of the molecule is COC(=O)c1cc(NC(=O)c2cc(NC(C)=O)ccc2NS(C)(=O)=O)cc(C(=O)OC)c1. The van der Waals surface area contributed by atoms with E-state index in [0.717, 1.165) is 20.5 Å². The molecule has 2 rings (SSSR count). The van der Waals surface area contributed by atoms with Gasteiger partial charge in [-0.15, -0.1) is 0 Å². The first-order valence-electron chi connectivity index (χ1n) is 8.96. The highest BCUT2D eigenvalue weighted by atomic mass is 32.2. The molecule has 0 aliphatic carbocycles. The lowest BCUT2D eigenvalue weighted by atomic mass is 10.1. The smallest absolute Gasteiger partial charge is 0.337 e. The summed E-state index contributed by atoms with van der Waals surface area (Å²) in [6.45, 7) is 1.27. The Hall–Kier alpha value is -3.93. The highest BCUT2D eigenvalue weighted by Gasteiger charge is 2.19. The first-order valence-corrected chi connectivity index (χ1v) is 10.8. The van der Waals surface area contributed by atoms with E-state index in [2.05, 4.69) is 24.8 Å². The Labute approximate surface area is 184 Å². The molecular weight excluding hydrogens is 442 g/mol. The number of sulfonamides is 1. The standard InChI is InChI=1S/C20H21N3O8S/c1-11(24)21-14-5-6-17(23-32(4,28)29)16(10-14)18(25)22-15-8-12(19(26)30-2)7-13(9-15)20(27)31-3/h5-10,23H,1-4H3,(H,21,24)(H,22,25). The fraction of sp³-hybridized carbons (Fsp3) is 0.200. The van der Waals surface area contributed by atoms with Crippen molar-refractivity contribution < 1.29 is 37.1 Å². The van der Waals surface area contributed by atoms with Crippen LogP contribution in [-0.4, -0.2) is 52.6 Å². The van der Waals surface area contributed by atoms with Gasteiger partial charge < -0.3 is 20.1 Å². The number of hydrogen-bond acceptors (Lipinski definition) is 8. The van der Waals surface area contributed by atoms with E-state index in [1.807, 2.05) is 0 Å². The second kappa shape index (κ2) is 9.92. The Bertz CT molecular complexity index is 1160. The van der Waals surface area contributed by atoms with Gasteiger partial charge in [-0.25, -0.2) is 18.0 Å². The molecule has 0 unspecified atom stereocenters. The van der Waals surface area contributed by atoms with E-state index < -0.39 is 33.8 Å². The van der Waals surface area contributed by atoms with Crippen molar-refractivity contribution in [3.8, 4) is 0 Å². The van der Waals surface area contributed by atoms with E-state index in [-0.39, 0.29) is 33.8 Å². The Morgan fingerprint density at radius 3 is 1.84 bits per heavy atom. The van der Waals surface area contributed by atoms with Crippen LogP contribution in [0.5, 0.6) is 0 Å². The van der Waals surface area contributed by atoms with Gasteiger partial charge in [0.15, 0.2) is 0 Å². The van der Waals surface area contributed by atoms with Crippen LogP contribution in [0.2, 0.25) is 0 Å². The number of carbonyl (C=O) groups excluding carboxylic acids is 4.